The summed E-state index contributed by atoms with van der Waals surface area (Å²) in [6.45, 7) is 6.74. The topological polar surface area (TPSA) is 66.5 Å². The maximum atomic E-state index is 12.8. The third-order valence-corrected chi connectivity index (χ3v) is 5.28. The predicted molar refractivity (Wildman–Crippen MR) is 111 cm³/mol. The maximum absolute atomic E-state index is 12.8. The van der Waals surface area contributed by atoms with Crippen LogP contribution in [0.3, 0.4) is 0 Å². The van der Waals surface area contributed by atoms with Crippen molar-refractivity contribution in [3.8, 4) is 0 Å². The molecule has 1 saturated heterocycles. The average molecular weight is 397 g/mol. The predicted octanol–water partition coefficient (Wildman–Crippen LogP) is 1.95. The van der Waals surface area contributed by atoms with Crippen LogP contribution in [0.2, 0.25) is 0 Å². The number of hydrogen-bond acceptors (Lipinski definition) is 3. The molecule has 0 aromatic heterocycles. The molecule has 2 N–H and O–H groups in total. The fraction of sp³-hybridized carbons (Fsp3) is 0.391. The number of piperazine rings is 1. The molecule has 0 bridgehead atoms. The zero-order valence-corrected chi connectivity index (χ0v) is 17.2. The van der Waals surface area contributed by atoms with E-state index in [0.29, 0.717) is 39.3 Å². The van der Waals surface area contributed by atoms with Crippen molar-refractivity contribution in [3.63, 3.8) is 0 Å². The lowest BCUT2D eigenvalue weighted by atomic mass is 9.98. The van der Waals surface area contributed by atoms with E-state index in [9.17, 15) is 9.59 Å². The number of carbonyl (C=O) groups excluding carboxylic acids is 2. The van der Waals surface area contributed by atoms with Crippen LogP contribution in [0.5, 0.6) is 0 Å². The summed E-state index contributed by atoms with van der Waals surface area (Å²) in [6.07, 6.45) is -0.297. The van der Waals surface area contributed by atoms with Crippen molar-refractivity contribution in [2.75, 3.05) is 39.3 Å². The SMILES string of the molecule is CCOC(=O)N1CCN(C(=O)C[NH2+][C@@H](c2ccccc2)c2ccc(C)cc2)CC1. The minimum atomic E-state index is -0.297. The van der Waals surface area contributed by atoms with Gasteiger partial charge in [-0.15, -0.1) is 0 Å². The van der Waals surface area contributed by atoms with Crippen LogP contribution in [0, 0.1) is 6.92 Å². The van der Waals surface area contributed by atoms with Crippen molar-refractivity contribution < 1.29 is 19.6 Å². The molecule has 0 spiro atoms. The zero-order valence-electron chi connectivity index (χ0n) is 17.2. The van der Waals surface area contributed by atoms with Crippen LogP contribution in [0.1, 0.15) is 29.7 Å². The van der Waals surface area contributed by atoms with Gasteiger partial charge in [0.05, 0.1) is 6.61 Å². The lowest BCUT2D eigenvalue weighted by Crippen LogP contribution is -2.88. The van der Waals surface area contributed by atoms with Gasteiger partial charge >= 0.3 is 6.09 Å². The van der Waals surface area contributed by atoms with Crippen LogP contribution < -0.4 is 5.32 Å². The van der Waals surface area contributed by atoms with Gasteiger partial charge in [0.1, 0.15) is 6.04 Å². The molecule has 0 aliphatic carbocycles. The third kappa shape index (κ3) is 5.57. The number of quaternary nitrogens is 1. The fourth-order valence-electron chi connectivity index (χ4n) is 3.60. The van der Waals surface area contributed by atoms with Gasteiger partial charge in [-0.25, -0.2) is 4.79 Å². The van der Waals surface area contributed by atoms with E-state index in [0.717, 1.165) is 0 Å². The summed E-state index contributed by atoms with van der Waals surface area (Å²) >= 11 is 0. The number of amides is 2. The van der Waals surface area contributed by atoms with Crippen molar-refractivity contribution in [1.29, 1.82) is 0 Å². The first kappa shape index (κ1) is 20.9. The fourth-order valence-corrected chi connectivity index (χ4v) is 3.60. The molecule has 1 heterocycles. The van der Waals surface area contributed by atoms with Gasteiger partial charge < -0.3 is 19.9 Å². The normalized spacial score (nSPS) is 15.1. The zero-order chi connectivity index (χ0) is 20.6. The molecule has 2 aromatic carbocycles. The molecular formula is C23H30N3O3+. The standard InChI is InChI=1S/C23H29N3O3/c1-3-29-23(28)26-15-13-25(14-16-26)21(27)17-24-22(19-7-5-4-6-8-19)20-11-9-18(2)10-12-20/h4-12,22,24H,3,13-17H2,1-2H3/p+1/t22-/m0/s1. The summed E-state index contributed by atoms with van der Waals surface area (Å²) in [5.41, 5.74) is 3.58. The molecule has 1 atom stereocenters. The Hall–Kier alpha value is -2.86. The van der Waals surface area contributed by atoms with Crippen LogP contribution >= 0.6 is 0 Å². The van der Waals surface area contributed by atoms with Gasteiger partial charge in [-0.3, -0.25) is 4.79 Å². The van der Waals surface area contributed by atoms with Gasteiger partial charge in [0, 0.05) is 37.3 Å². The molecule has 3 rings (SSSR count). The Kier molecular flexibility index (Phi) is 7.25. The van der Waals surface area contributed by atoms with Crippen molar-refractivity contribution in [2.45, 2.75) is 19.9 Å². The largest absolute Gasteiger partial charge is 0.450 e. The summed E-state index contributed by atoms with van der Waals surface area (Å²) in [5.74, 6) is 0.0987. The molecule has 0 unspecified atom stereocenters. The Labute approximate surface area is 172 Å². The molecule has 2 aromatic rings. The van der Waals surface area contributed by atoms with Crippen molar-refractivity contribution in [3.05, 3.63) is 71.3 Å². The lowest BCUT2D eigenvalue weighted by molar-refractivity contribution is -0.677. The first-order valence-electron chi connectivity index (χ1n) is 10.2. The lowest BCUT2D eigenvalue weighted by Gasteiger charge is -2.33. The van der Waals surface area contributed by atoms with Gasteiger partial charge in [0.15, 0.2) is 6.54 Å². The molecule has 1 fully saturated rings. The van der Waals surface area contributed by atoms with Gasteiger partial charge in [0.25, 0.3) is 5.91 Å². The molecule has 154 valence electrons. The quantitative estimate of drug-likeness (QED) is 0.812. The number of ether oxygens (including phenoxy) is 1. The second kappa shape index (κ2) is 10.1. The average Bonchev–Trinajstić information content (AvgIpc) is 2.76. The van der Waals surface area contributed by atoms with Gasteiger partial charge in [-0.05, 0) is 13.8 Å². The molecule has 29 heavy (non-hydrogen) atoms. The number of nitrogens with two attached hydrogens (primary N) is 1. The molecule has 0 saturated carbocycles. The van der Waals surface area contributed by atoms with E-state index in [2.05, 4.69) is 48.6 Å². The summed E-state index contributed by atoms with van der Waals surface area (Å²) in [6, 6.07) is 18.8. The molecule has 2 amide bonds. The molecule has 6 nitrogen and oxygen atoms in total. The highest BCUT2D eigenvalue weighted by Crippen LogP contribution is 2.18. The second-order valence-corrected chi connectivity index (χ2v) is 7.31. The first-order valence-corrected chi connectivity index (χ1v) is 10.2. The summed E-state index contributed by atoms with van der Waals surface area (Å²) in [7, 11) is 0. The van der Waals surface area contributed by atoms with E-state index in [1.807, 2.05) is 23.1 Å². The Balaban J connectivity index is 1.60. The van der Waals surface area contributed by atoms with Gasteiger partial charge in [-0.1, -0.05) is 60.2 Å². The highest BCUT2D eigenvalue weighted by atomic mass is 16.6. The minimum Gasteiger partial charge on any atom is -0.450 e. The molecule has 6 heteroatoms. The minimum absolute atomic E-state index is 0.0709. The van der Waals surface area contributed by atoms with E-state index in [1.165, 1.54) is 16.7 Å². The Morgan fingerprint density at radius 2 is 1.52 bits per heavy atom. The van der Waals surface area contributed by atoms with Gasteiger partial charge in [-0.2, -0.15) is 0 Å². The van der Waals surface area contributed by atoms with Gasteiger partial charge in [0.2, 0.25) is 0 Å². The van der Waals surface area contributed by atoms with Crippen LogP contribution in [0.15, 0.2) is 54.6 Å². The Bertz CT molecular complexity index is 800. The molecule has 1 aliphatic rings. The molecule has 1 aliphatic heterocycles. The van der Waals surface area contributed by atoms with Crippen molar-refractivity contribution in [1.82, 2.24) is 9.80 Å². The van der Waals surface area contributed by atoms with Crippen LogP contribution in [0.25, 0.3) is 0 Å². The van der Waals surface area contributed by atoms with Crippen LogP contribution in [-0.4, -0.2) is 61.1 Å². The smallest absolute Gasteiger partial charge is 0.409 e. The highest BCUT2D eigenvalue weighted by molar-refractivity contribution is 5.77. The van der Waals surface area contributed by atoms with E-state index >= 15 is 0 Å². The van der Waals surface area contributed by atoms with Crippen molar-refractivity contribution >= 4 is 12.0 Å². The first-order chi connectivity index (χ1) is 14.1. The second-order valence-electron chi connectivity index (χ2n) is 7.31. The van der Waals surface area contributed by atoms with E-state index in [-0.39, 0.29) is 18.0 Å². The Morgan fingerprint density at radius 1 is 0.931 bits per heavy atom. The van der Waals surface area contributed by atoms with E-state index < -0.39 is 0 Å². The number of benzene rings is 2. The van der Waals surface area contributed by atoms with E-state index in [1.54, 1.807) is 11.8 Å². The number of rotatable bonds is 6. The maximum Gasteiger partial charge on any atom is 0.409 e. The third-order valence-electron chi connectivity index (χ3n) is 5.28. The molecule has 0 radical (unpaired) electrons. The summed E-state index contributed by atoms with van der Waals surface area (Å²) in [5, 5.41) is 2.10. The Morgan fingerprint density at radius 3 is 2.14 bits per heavy atom. The highest BCUT2D eigenvalue weighted by Gasteiger charge is 2.26. The summed E-state index contributed by atoms with van der Waals surface area (Å²) < 4.78 is 5.04. The number of aryl methyl sites for hydroxylation is 1. The van der Waals surface area contributed by atoms with Crippen LogP contribution in [-0.2, 0) is 9.53 Å². The van der Waals surface area contributed by atoms with E-state index in [4.69, 9.17) is 4.74 Å². The van der Waals surface area contributed by atoms with Crippen LogP contribution in [0.4, 0.5) is 4.79 Å². The number of nitrogens with zero attached hydrogens (tertiary/aromatic N) is 2. The monoisotopic (exact) mass is 396 g/mol. The summed E-state index contributed by atoms with van der Waals surface area (Å²) in [4.78, 5) is 28.1. The molecular weight excluding hydrogens is 366 g/mol. The van der Waals surface area contributed by atoms with Crippen molar-refractivity contribution in [2.24, 2.45) is 0 Å². The number of hydrogen-bond donors (Lipinski definition) is 1. The number of carbonyl (C=O) groups is 2.